The monoisotopic (exact) mass is 279 g/mol. The van der Waals surface area contributed by atoms with E-state index in [4.69, 9.17) is 17.3 Å². The number of nitrogens with two attached hydrogens (primary N) is 1. The van der Waals surface area contributed by atoms with E-state index in [2.05, 4.69) is 0 Å². The lowest BCUT2D eigenvalue weighted by Crippen LogP contribution is -2.37. The van der Waals surface area contributed by atoms with E-state index in [9.17, 15) is 9.50 Å². The molecule has 19 heavy (non-hydrogen) atoms. The quantitative estimate of drug-likeness (QED) is 0.904. The molecule has 0 saturated carbocycles. The van der Waals surface area contributed by atoms with Crippen molar-refractivity contribution in [1.82, 2.24) is 0 Å². The first kappa shape index (κ1) is 14.0. The van der Waals surface area contributed by atoms with Gasteiger partial charge >= 0.3 is 0 Å². The van der Waals surface area contributed by atoms with Gasteiger partial charge in [-0.15, -0.1) is 0 Å². The molecule has 2 rings (SSSR count). The molecule has 0 amide bonds. The molecule has 0 aliphatic rings. The lowest BCUT2D eigenvalue weighted by molar-refractivity contribution is 0.0463. The summed E-state index contributed by atoms with van der Waals surface area (Å²) in [6.45, 7) is 0.0754. The number of benzene rings is 2. The van der Waals surface area contributed by atoms with Crippen LogP contribution in [0.2, 0.25) is 5.02 Å². The summed E-state index contributed by atoms with van der Waals surface area (Å²) in [6, 6.07) is 13.6. The van der Waals surface area contributed by atoms with Crippen molar-refractivity contribution in [3.05, 3.63) is 70.5 Å². The van der Waals surface area contributed by atoms with Crippen molar-refractivity contribution in [3.8, 4) is 0 Å². The standard InChI is InChI=1S/C15H15ClFNO/c16-13-8-11(6-7-14(13)17)9-15(19,10-18)12-4-2-1-3-5-12/h1-8,19H,9-10,18H2. The molecule has 2 nitrogen and oxygen atoms in total. The second kappa shape index (κ2) is 5.70. The van der Waals surface area contributed by atoms with Crippen LogP contribution in [-0.2, 0) is 12.0 Å². The molecule has 0 saturated heterocycles. The Morgan fingerprint density at radius 3 is 2.42 bits per heavy atom. The molecule has 3 N–H and O–H groups in total. The van der Waals surface area contributed by atoms with E-state index in [1.807, 2.05) is 30.3 Å². The fourth-order valence-corrected chi connectivity index (χ4v) is 2.23. The zero-order valence-corrected chi connectivity index (χ0v) is 11.1. The van der Waals surface area contributed by atoms with E-state index in [0.717, 1.165) is 11.1 Å². The SMILES string of the molecule is NCC(O)(Cc1ccc(F)c(Cl)c1)c1ccccc1. The predicted molar refractivity (Wildman–Crippen MR) is 74.5 cm³/mol. The molecule has 0 heterocycles. The highest BCUT2D eigenvalue weighted by Gasteiger charge is 2.27. The summed E-state index contributed by atoms with van der Waals surface area (Å²) in [6.07, 6.45) is 0.285. The van der Waals surface area contributed by atoms with Gasteiger partial charge < -0.3 is 10.8 Å². The van der Waals surface area contributed by atoms with Crippen LogP contribution in [0.1, 0.15) is 11.1 Å². The maximum Gasteiger partial charge on any atom is 0.141 e. The van der Waals surface area contributed by atoms with E-state index in [0.29, 0.717) is 0 Å². The minimum Gasteiger partial charge on any atom is -0.383 e. The van der Waals surface area contributed by atoms with Crippen molar-refractivity contribution in [3.63, 3.8) is 0 Å². The summed E-state index contributed by atoms with van der Waals surface area (Å²) >= 11 is 5.74. The van der Waals surface area contributed by atoms with Gasteiger partial charge in [0.05, 0.1) is 5.02 Å². The highest BCUT2D eigenvalue weighted by Crippen LogP contribution is 2.26. The zero-order valence-electron chi connectivity index (χ0n) is 10.3. The molecular weight excluding hydrogens is 265 g/mol. The Morgan fingerprint density at radius 1 is 1.16 bits per heavy atom. The van der Waals surface area contributed by atoms with E-state index in [1.165, 1.54) is 12.1 Å². The van der Waals surface area contributed by atoms with Crippen LogP contribution in [0.4, 0.5) is 4.39 Å². The highest BCUT2D eigenvalue weighted by atomic mass is 35.5. The van der Waals surface area contributed by atoms with Crippen molar-refractivity contribution in [1.29, 1.82) is 0 Å². The molecule has 0 aliphatic heterocycles. The molecular formula is C15H15ClFNO. The number of halogens is 2. The summed E-state index contributed by atoms with van der Waals surface area (Å²) in [5.74, 6) is -0.471. The number of hydrogen-bond acceptors (Lipinski definition) is 2. The topological polar surface area (TPSA) is 46.2 Å². The van der Waals surface area contributed by atoms with E-state index in [1.54, 1.807) is 6.07 Å². The first-order valence-corrected chi connectivity index (χ1v) is 6.35. The van der Waals surface area contributed by atoms with Gasteiger partial charge in [-0.1, -0.05) is 48.0 Å². The molecule has 100 valence electrons. The molecule has 4 heteroatoms. The maximum absolute atomic E-state index is 13.1. The van der Waals surface area contributed by atoms with Crippen LogP contribution in [0, 0.1) is 5.82 Å². The molecule has 0 bridgehead atoms. The van der Waals surface area contributed by atoms with E-state index >= 15 is 0 Å². The fraction of sp³-hybridized carbons (Fsp3) is 0.200. The van der Waals surface area contributed by atoms with Gasteiger partial charge in [0.2, 0.25) is 0 Å². The van der Waals surface area contributed by atoms with Gasteiger partial charge in [-0.3, -0.25) is 0 Å². The third-order valence-electron chi connectivity index (χ3n) is 3.13. The highest BCUT2D eigenvalue weighted by molar-refractivity contribution is 6.30. The maximum atomic E-state index is 13.1. The first-order valence-electron chi connectivity index (χ1n) is 5.97. The molecule has 2 aromatic carbocycles. The van der Waals surface area contributed by atoms with Crippen LogP contribution in [0.5, 0.6) is 0 Å². The Kier molecular flexibility index (Phi) is 4.20. The number of aliphatic hydroxyl groups is 1. The Labute approximate surface area is 116 Å². The second-order valence-corrected chi connectivity index (χ2v) is 4.93. The molecule has 0 fully saturated rings. The van der Waals surface area contributed by atoms with Crippen LogP contribution in [-0.4, -0.2) is 11.7 Å². The Hall–Kier alpha value is -1.42. The van der Waals surface area contributed by atoms with Gasteiger partial charge in [0.1, 0.15) is 11.4 Å². The number of hydrogen-bond donors (Lipinski definition) is 2. The largest absolute Gasteiger partial charge is 0.383 e. The van der Waals surface area contributed by atoms with Gasteiger partial charge in [0.15, 0.2) is 0 Å². The van der Waals surface area contributed by atoms with Gasteiger partial charge in [0, 0.05) is 13.0 Å². The summed E-state index contributed by atoms with van der Waals surface area (Å²) in [5, 5.41) is 10.7. The average Bonchev–Trinajstić information content (AvgIpc) is 2.44. The molecule has 1 atom stereocenters. The van der Waals surface area contributed by atoms with Crippen molar-refractivity contribution >= 4 is 11.6 Å². The average molecular weight is 280 g/mol. The number of rotatable bonds is 4. The van der Waals surface area contributed by atoms with Crippen LogP contribution >= 0.6 is 11.6 Å². The van der Waals surface area contributed by atoms with Crippen molar-refractivity contribution in [2.45, 2.75) is 12.0 Å². The third-order valence-corrected chi connectivity index (χ3v) is 3.42. The third kappa shape index (κ3) is 3.13. The molecule has 2 aromatic rings. The minimum atomic E-state index is -1.18. The van der Waals surface area contributed by atoms with E-state index < -0.39 is 11.4 Å². The Balaban J connectivity index is 2.30. The lowest BCUT2D eigenvalue weighted by Gasteiger charge is -2.27. The zero-order chi connectivity index (χ0) is 13.9. The lowest BCUT2D eigenvalue weighted by atomic mass is 9.87. The van der Waals surface area contributed by atoms with Crippen LogP contribution in [0.15, 0.2) is 48.5 Å². The van der Waals surface area contributed by atoms with Gasteiger partial charge in [-0.25, -0.2) is 4.39 Å². The summed E-state index contributed by atoms with van der Waals surface area (Å²) in [5.41, 5.74) is 5.99. The fourth-order valence-electron chi connectivity index (χ4n) is 2.03. The normalized spacial score (nSPS) is 14.1. The van der Waals surface area contributed by atoms with Gasteiger partial charge in [-0.05, 0) is 23.3 Å². The summed E-state index contributed by atoms with van der Waals surface area (Å²) < 4.78 is 13.1. The Bertz CT molecular complexity index is 561. The molecule has 0 aliphatic carbocycles. The van der Waals surface area contributed by atoms with Crippen molar-refractivity contribution < 1.29 is 9.50 Å². The smallest absolute Gasteiger partial charge is 0.141 e. The minimum absolute atomic E-state index is 0.0462. The van der Waals surface area contributed by atoms with Gasteiger partial charge in [-0.2, -0.15) is 0 Å². The van der Waals surface area contributed by atoms with Crippen LogP contribution in [0.3, 0.4) is 0 Å². The molecule has 0 aromatic heterocycles. The summed E-state index contributed by atoms with van der Waals surface area (Å²) in [4.78, 5) is 0. The van der Waals surface area contributed by atoms with Crippen LogP contribution < -0.4 is 5.73 Å². The molecule has 1 unspecified atom stereocenters. The summed E-state index contributed by atoms with van der Waals surface area (Å²) in [7, 11) is 0. The van der Waals surface area contributed by atoms with Crippen LogP contribution in [0.25, 0.3) is 0 Å². The van der Waals surface area contributed by atoms with Crippen molar-refractivity contribution in [2.75, 3.05) is 6.54 Å². The second-order valence-electron chi connectivity index (χ2n) is 4.53. The Morgan fingerprint density at radius 2 is 1.84 bits per heavy atom. The van der Waals surface area contributed by atoms with E-state index in [-0.39, 0.29) is 18.0 Å². The predicted octanol–water partition coefficient (Wildman–Crippen LogP) is 2.87. The first-order chi connectivity index (χ1) is 9.05. The van der Waals surface area contributed by atoms with Gasteiger partial charge in [0.25, 0.3) is 0 Å². The van der Waals surface area contributed by atoms with Crippen molar-refractivity contribution in [2.24, 2.45) is 5.73 Å². The molecule has 0 radical (unpaired) electrons. The molecule has 0 spiro atoms.